The van der Waals surface area contributed by atoms with Gasteiger partial charge in [-0.1, -0.05) is 0 Å². The second-order valence-electron chi connectivity index (χ2n) is 5.54. The summed E-state index contributed by atoms with van der Waals surface area (Å²) in [4.78, 5) is 10.9. The Hall–Kier alpha value is -1.82. The zero-order chi connectivity index (χ0) is 15.5. The van der Waals surface area contributed by atoms with E-state index in [1.165, 1.54) is 19.2 Å². The van der Waals surface area contributed by atoms with Gasteiger partial charge in [0.1, 0.15) is 0 Å². The lowest BCUT2D eigenvalue weighted by atomic mass is 9.79. The van der Waals surface area contributed by atoms with E-state index < -0.39 is 17.4 Å². The van der Waals surface area contributed by atoms with Crippen LogP contribution in [0.15, 0.2) is 18.2 Å². The lowest BCUT2D eigenvalue weighted by molar-refractivity contribution is -0.144. The second kappa shape index (κ2) is 6.30. The Balaban J connectivity index is 1.91. The minimum atomic E-state index is -0.942. The smallest absolute Gasteiger partial charge is 0.306 e. The molecule has 0 bridgehead atoms. The van der Waals surface area contributed by atoms with Gasteiger partial charge in [-0.15, -0.1) is 0 Å². The predicted octanol–water partition coefficient (Wildman–Crippen LogP) is 2.25. The normalized spacial score (nSPS) is 25.4. The molecule has 0 atom stereocenters. The van der Waals surface area contributed by atoms with Gasteiger partial charge in [0.2, 0.25) is 0 Å². The topological polar surface area (TPSA) is 78.8 Å². The minimum Gasteiger partial charge on any atom is -0.494 e. The summed E-state index contributed by atoms with van der Waals surface area (Å²) in [6.45, 7) is 0.269. The quantitative estimate of drug-likeness (QED) is 0.777. The fraction of sp³-hybridized carbons (Fsp3) is 0.533. The van der Waals surface area contributed by atoms with Crippen molar-refractivity contribution in [2.24, 2.45) is 5.92 Å². The van der Waals surface area contributed by atoms with E-state index in [0.29, 0.717) is 31.4 Å². The van der Waals surface area contributed by atoms with Crippen molar-refractivity contribution in [3.8, 4) is 5.75 Å². The highest BCUT2D eigenvalue weighted by atomic mass is 19.1. The summed E-state index contributed by atoms with van der Waals surface area (Å²) in [6.07, 6.45) is 1.78. The molecule has 0 saturated heterocycles. The number of hydrogen-bond donors (Lipinski definition) is 3. The number of carboxylic acids is 1. The number of hydrogen-bond acceptors (Lipinski definition) is 4. The largest absolute Gasteiger partial charge is 0.494 e. The van der Waals surface area contributed by atoms with E-state index >= 15 is 0 Å². The highest BCUT2D eigenvalue weighted by Gasteiger charge is 2.35. The van der Waals surface area contributed by atoms with Crippen LogP contribution in [0.2, 0.25) is 0 Å². The lowest BCUT2D eigenvalue weighted by Crippen LogP contribution is -2.41. The minimum absolute atomic E-state index is 0.168. The number of nitrogens with one attached hydrogen (secondary N) is 1. The van der Waals surface area contributed by atoms with E-state index in [0.717, 1.165) is 0 Å². The molecule has 0 unspecified atom stereocenters. The van der Waals surface area contributed by atoms with Crippen molar-refractivity contribution in [2.45, 2.75) is 31.3 Å². The number of halogens is 1. The third kappa shape index (κ3) is 3.85. The maximum absolute atomic E-state index is 13.6. The predicted molar refractivity (Wildman–Crippen MR) is 76.0 cm³/mol. The first-order valence-corrected chi connectivity index (χ1v) is 6.96. The van der Waals surface area contributed by atoms with E-state index in [2.05, 4.69) is 5.32 Å². The first kappa shape index (κ1) is 15.6. The van der Waals surface area contributed by atoms with Gasteiger partial charge in [0, 0.05) is 18.3 Å². The second-order valence-corrected chi connectivity index (χ2v) is 5.54. The van der Waals surface area contributed by atoms with Crippen LogP contribution in [0, 0.1) is 11.7 Å². The van der Waals surface area contributed by atoms with Crippen LogP contribution in [0.3, 0.4) is 0 Å². The standard InChI is InChI=1S/C15H20FNO4/c1-21-13-3-2-11(8-12(13)16)17-9-15(20)6-4-10(5-7-15)14(18)19/h2-3,8,10,17,20H,4-7,9H2,1H3,(H,18,19). The first-order valence-electron chi connectivity index (χ1n) is 6.96. The van der Waals surface area contributed by atoms with Crippen molar-refractivity contribution < 1.29 is 24.1 Å². The molecule has 0 amide bonds. The third-order valence-electron chi connectivity index (χ3n) is 4.04. The van der Waals surface area contributed by atoms with Gasteiger partial charge < -0.3 is 20.3 Å². The highest BCUT2D eigenvalue weighted by Crippen LogP contribution is 2.32. The lowest BCUT2D eigenvalue weighted by Gasteiger charge is -2.35. The molecule has 0 heterocycles. The Bertz CT molecular complexity index is 512. The Morgan fingerprint density at radius 3 is 2.67 bits per heavy atom. The summed E-state index contributed by atoms with van der Waals surface area (Å²) in [5.41, 5.74) is -0.385. The van der Waals surface area contributed by atoms with Crippen LogP contribution in [0.25, 0.3) is 0 Å². The van der Waals surface area contributed by atoms with Gasteiger partial charge in [-0.3, -0.25) is 4.79 Å². The molecule has 0 radical (unpaired) electrons. The molecular formula is C15H20FNO4. The number of rotatable bonds is 5. The molecule has 5 nitrogen and oxygen atoms in total. The van der Waals surface area contributed by atoms with Crippen LogP contribution >= 0.6 is 0 Å². The molecule has 1 fully saturated rings. The monoisotopic (exact) mass is 297 g/mol. The van der Waals surface area contributed by atoms with Gasteiger partial charge in [0.25, 0.3) is 0 Å². The molecule has 1 aromatic carbocycles. The van der Waals surface area contributed by atoms with Crippen molar-refractivity contribution >= 4 is 11.7 Å². The fourth-order valence-corrected chi connectivity index (χ4v) is 2.62. The Morgan fingerprint density at radius 2 is 2.14 bits per heavy atom. The highest BCUT2D eigenvalue weighted by molar-refractivity contribution is 5.70. The average Bonchev–Trinajstić information content (AvgIpc) is 2.46. The summed E-state index contributed by atoms with van der Waals surface area (Å²) in [5, 5.41) is 22.4. The van der Waals surface area contributed by atoms with Crippen LogP contribution < -0.4 is 10.1 Å². The van der Waals surface area contributed by atoms with E-state index in [1.807, 2.05) is 0 Å². The molecule has 0 aromatic heterocycles. The molecule has 0 spiro atoms. The molecule has 1 saturated carbocycles. The summed E-state index contributed by atoms with van der Waals surface area (Å²) in [5.74, 6) is -1.48. The van der Waals surface area contributed by atoms with Gasteiger partial charge >= 0.3 is 5.97 Å². The molecule has 116 valence electrons. The summed E-state index contributed by atoms with van der Waals surface area (Å²) in [7, 11) is 1.40. The number of aliphatic carboxylic acids is 1. The fourth-order valence-electron chi connectivity index (χ4n) is 2.62. The van der Waals surface area contributed by atoms with Crippen molar-refractivity contribution in [1.82, 2.24) is 0 Å². The summed E-state index contributed by atoms with van der Waals surface area (Å²) >= 11 is 0. The van der Waals surface area contributed by atoms with E-state index in [1.54, 1.807) is 6.07 Å². The van der Waals surface area contributed by atoms with E-state index in [4.69, 9.17) is 9.84 Å². The van der Waals surface area contributed by atoms with Crippen LogP contribution in [0.5, 0.6) is 5.75 Å². The van der Waals surface area contributed by atoms with Gasteiger partial charge in [-0.2, -0.15) is 0 Å². The van der Waals surface area contributed by atoms with Crippen molar-refractivity contribution in [1.29, 1.82) is 0 Å². The Labute approximate surface area is 122 Å². The molecule has 6 heteroatoms. The first-order chi connectivity index (χ1) is 9.93. The maximum Gasteiger partial charge on any atom is 0.306 e. The zero-order valence-electron chi connectivity index (χ0n) is 11.9. The van der Waals surface area contributed by atoms with Gasteiger partial charge in [0.05, 0.1) is 18.6 Å². The number of benzene rings is 1. The number of carboxylic acid groups (broad SMARTS) is 1. The molecule has 3 N–H and O–H groups in total. The van der Waals surface area contributed by atoms with Crippen LogP contribution in [0.1, 0.15) is 25.7 Å². The summed E-state index contributed by atoms with van der Waals surface area (Å²) in [6, 6.07) is 4.50. The number of aliphatic hydroxyl groups is 1. The molecular weight excluding hydrogens is 277 g/mol. The van der Waals surface area contributed by atoms with Crippen LogP contribution in [0.4, 0.5) is 10.1 Å². The zero-order valence-corrected chi connectivity index (χ0v) is 11.9. The SMILES string of the molecule is COc1ccc(NCC2(O)CCC(C(=O)O)CC2)cc1F. The number of carbonyl (C=O) groups is 1. The summed E-state index contributed by atoms with van der Waals surface area (Å²) < 4.78 is 18.4. The molecule has 0 aliphatic heterocycles. The Morgan fingerprint density at radius 1 is 1.48 bits per heavy atom. The van der Waals surface area contributed by atoms with Crippen molar-refractivity contribution in [2.75, 3.05) is 19.0 Å². The molecule has 1 aliphatic rings. The van der Waals surface area contributed by atoms with Crippen molar-refractivity contribution in [3.63, 3.8) is 0 Å². The average molecular weight is 297 g/mol. The van der Waals surface area contributed by atoms with Gasteiger partial charge in [-0.05, 0) is 37.8 Å². The number of methoxy groups -OCH3 is 1. The number of ether oxygens (including phenoxy) is 1. The molecule has 1 aromatic rings. The van der Waals surface area contributed by atoms with E-state index in [9.17, 15) is 14.3 Å². The third-order valence-corrected chi connectivity index (χ3v) is 4.04. The molecule has 1 aliphatic carbocycles. The maximum atomic E-state index is 13.6. The van der Waals surface area contributed by atoms with Crippen LogP contribution in [-0.2, 0) is 4.79 Å². The van der Waals surface area contributed by atoms with Crippen LogP contribution in [-0.4, -0.2) is 35.4 Å². The molecule has 21 heavy (non-hydrogen) atoms. The molecule has 2 rings (SSSR count). The van der Waals surface area contributed by atoms with Gasteiger partial charge in [-0.25, -0.2) is 4.39 Å². The number of anilines is 1. The van der Waals surface area contributed by atoms with Crippen molar-refractivity contribution in [3.05, 3.63) is 24.0 Å². The Kier molecular flexibility index (Phi) is 4.67. The van der Waals surface area contributed by atoms with Gasteiger partial charge in [0.15, 0.2) is 11.6 Å². The van der Waals surface area contributed by atoms with E-state index in [-0.39, 0.29) is 18.2 Å².